The molecule has 1 amide bonds. The van der Waals surface area contributed by atoms with E-state index in [0.29, 0.717) is 25.7 Å². The number of phenols is 1. The zero-order valence-electron chi connectivity index (χ0n) is 19.4. The predicted molar refractivity (Wildman–Crippen MR) is 129 cm³/mol. The molecule has 33 heavy (non-hydrogen) atoms. The number of hydrogen-bond acceptors (Lipinski definition) is 3. The largest absolute Gasteiger partial charge is 0.505 e. The summed E-state index contributed by atoms with van der Waals surface area (Å²) in [5.74, 6) is -1.77. The van der Waals surface area contributed by atoms with Crippen LogP contribution < -0.4 is 10.6 Å². The second-order valence-corrected chi connectivity index (χ2v) is 10.8. The highest BCUT2D eigenvalue weighted by molar-refractivity contribution is 6.42. The van der Waals surface area contributed by atoms with Crippen LogP contribution in [0.1, 0.15) is 76.3 Å². The minimum atomic E-state index is -1.26. The Morgan fingerprint density at radius 2 is 1.88 bits per heavy atom. The number of nitrogens with one attached hydrogen (secondary N) is 2. The predicted octanol–water partition coefficient (Wildman–Crippen LogP) is 6.64. The van der Waals surface area contributed by atoms with Crippen molar-refractivity contribution in [3.63, 3.8) is 0 Å². The fraction of sp³-hybridized carbons (Fsp3) is 0.640. The van der Waals surface area contributed by atoms with Gasteiger partial charge in [0.25, 0.3) is 0 Å². The van der Waals surface area contributed by atoms with Gasteiger partial charge >= 0.3 is 0 Å². The van der Waals surface area contributed by atoms with Crippen molar-refractivity contribution in [2.75, 3.05) is 13.6 Å². The second-order valence-electron chi connectivity index (χ2n) is 10.0. The molecule has 0 heterocycles. The number of benzene rings is 1. The highest BCUT2D eigenvalue weighted by atomic mass is 35.5. The molecule has 4 nitrogen and oxygen atoms in total. The van der Waals surface area contributed by atoms with E-state index in [4.69, 9.17) is 23.2 Å². The molecule has 0 radical (unpaired) electrons. The van der Waals surface area contributed by atoms with Crippen molar-refractivity contribution in [1.29, 1.82) is 0 Å². The molecule has 3 N–H and O–H groups in total. The number of carbonyl (C=O) groups is 1. The van der Waals surface area contributed by atoms with Crippen molar-refractivity contribution >= 4 is 29.1 Å². The number of rotatable bonds is 6. The van der Waals surface area contributed by atoms with Gasteiger partial charge in [-0.05, 0) is 64.3 Å². The van der Waals surface area contributed by atoms with Gasteiger partial charge in [-0.3, -0.25) is 4.79 Å². The first-order chi connectivity index (χ1) is 15.5. The number of hydrogen-bond donors (Lipinski definition) is 3. The van der Waals surface area contributed by atoms with Crippen LogP contribution in [-0.4, -0.2) is 30.3 Å². The van der Waals surface area contributed by atoms with Crippen molar-refractivity contribution in [3.05, 3.63) is 39.6 Å². The van der Waals surface area contributed by atoms with Crippen LogP contribution in [0.15, 0.2) is 18.2 Å². The molecule has 0 spiro atoms. The van der Waals surface area contributed by atoms with Crippen LogP contribution in [0.2, 0.25) is 10.0 Å². The average molecular weight is 503 g/mol. The minimum absolute atomic E-state index is 0.0147. The molecular weight excluding hydrogens is 469 g/mol. The van der Waals surface area contributed by atoms with Gasteiger partial charge in [0, 0.05) is 24.1 Å². The van der Waals surface area contributed by atoms with Crippen LogP contribution >= 0.6 is 23.2 Å². The van der Waals surface area contributed by atoms with Gasteiger partial charge in [0.2, 0.25) is 5.91 Å². The van der Waals surface area contributed by atoms with Crippen molar-refractivity contribution in [2.24, 2.45) is 11.3 Å². The zero-order chi connectivity index (χ0) is 24.4. The maximum atomic E-state index is 15.0. The van der Waals surface area contributed by atoms with E-state index in [1.807, 2.05) is 14.0 Å². The molecule has 0 saturated heterocycles. The lowest BCUT2D eigenvalue weighted by Gasteiger charge is -2.38. The Bertz CT molecular complexity index is 869. The minimum Gasteiger partial charge on any atom is -0.505 e. The van der Waals surface area contributed by atoms with Gasteiger partial charge in [0.05, 0.1) is 16.1 Å². The van der Waals surface area contributed by atoms with E-state index in [1.165, 1.54) is 5.57 Å². The van der Waals surface area contributed by atoms with E-state index in [-0.39, 0.29) is 33.9 Å². The van der Waals surface area contributed by atoms with Crippen molar-refractivity contribution in [3.8, 4) is 5.75 Å². The summed E-state index contributed by atoms with van der Waals surface area (Å²) in [7, 11) is 1.91. The fourth-order valence-electron chi connectivity index (χ4n) is 5.72. The lowest BCUT2D eigenvalue weighted by atomic mass is 9.74. The molecule has 3 aliphatic carbocycles. The van der Waals surface area contributed by atoms with E-state index in [2.05, 4.69) is 17.2 Å². The number of halogens is 4. The number of carbonyl (C=O) groups excluding carboxylic acids is 1. The molecule has 1 aromatic carbocycles. The number of alkyl halides is 1. The normalized spacial score (nSPS) is 27.2. The van der Waals surface area contributed by atoms with Crippen molar-refractivity contribution in [1.82, 2.24) is 10.6 Å². The molecule has 4 rings (SSSR count). The molecule has 0 aromatic heterocycles. The monoisotopic (exact) mass is 502 g/mol. The van der Waals surface area contributed by atoms with Gasteiger partial charge < -0.3 is 15.7 Å². The molecule has 1 aromatic rings. The number of fused-ring (bicyclic) bond motifs is 2. The summed E-state index contributed by atoms with van der Waals surface area (Å²) in [6, 6.07) is 0.252. The maximum absolute atomic E-state index is 15.0. The number of likely N-dealkylation sites (N-methyl/N-ethyl adjacent to an activating group) is 1. The lowest BCUT2D eigenvalue weighted by molar-refractivity contribution is -0.126. The van der Waals surface area contributed by atoms with Crippen LogP contribution in [0, 0.1) is 17.2 Å². The summed E-state index contributed by atoms with van der Waals surface area (Å²) in [6.45, 7) is 6.61. The average Bonchev–Trinajstić information content (AvgIpc) is 3.47. The Hall–Kier alpha value is -1.37. The highest BCUT2D eigenvalue weighted by Crippen LogP contribution is 2.64. The van der Waals surface area contributed by atoms with Gasteiger partial charge in [-0.25, -0.2) is 8.78 Å². The Labute approximate surface area is 205 Å². The Morgan fingerprint density at radius 1 is 1.27 bits per heavy atom. The van der Waals surface area contributed by atoms with E-state index >= 15 is 0 Å². The summed E-state index contributed by atoms with van der Waals surface area (Å²) < 4.78 is 29.8. The van der Waals surface area contributed by atoms with E-state index < -0.39 is 28.7 Å². The van der Waals surface area contributed by atoms with Crippen molar-refractivity contribution in [2.45, 2.75) is 76.4 Å². The Balaban J connectivity index is 0.000000454. The third kappa shape index (κ3) is 5.66. The van der Waals surface area contributed by atoms with Gasteiger partial charge in [-0.2, -0.15) is 0 Å². The van der Waals surface area contributed by atoms with Crippen LogP contribution in [0.5, 0.6) is 5.75 Å². The molecule has 2 bridgehead atoms. The molecule has 1 atom stereocenters. The molecule has 3 fully saturated rings. The van der Waals surface area contributed by atoms with E-state index in [1.54, 1.807) is 0 Å². The number of phenolic OH excluding ortho intramolecular Hbond substituents is 1. The lowest BCUT2D eigenvalue weighted by Crippen LogP contribution is -2.42. The summed E-state index contributed by atoms with van der Waals surface area (Å²) in [4.78, 5) is 12.9. The fourth-order valence-corrected chi connectivity index (χ4v) is 6.17. The van der Waals surface area contributed by atoms with Crippen LogP contribution in [0.4, 0.5) is 8.78 Å². The van der Waals surface area contributed by atoms with Gasteiger partial charge in [-0.15, -0.1) is 0 Å². The smallest absolute Gasteiger partial charge is 0.223 e. The first kappa shape index (κ1) is 26.2. The molecule has 1 unspecified atom stereocenters. The molecule has 0 aliphatic heterocycles. The number of aromatic hydroxyl groups is 1. The van der Waals surface area contributed by atoms with Crippen LogP contribution in [0.3, 0.4) is 0 Å². The third-order valence-electron chi connectivity index (χ3n) is 7.37. The highest BCUT2D eigenvalue weighted by Gasteiger charge is 2.59. The molecule has 3 aliphatic rings. The Kier molecular flexibility index (Phi) is 8.34. The van der Waals surface area contributed by atoms with Gasteiger partial charge in [-0.1, -0.05) is 48.2 Å². The van der Waals surface area contributed by atoms with E-state index in [0.717, 1.165) is 38.3 Å². The van der Waals surface area contributed by atoms with Gasteiger partial charge in [0.15, 0.2) is 11.6 Å². The van der Waals surface area contributed by atoms with Gasteiger partial charge in [0.1, 0.15) is 5.67 Å². The van der Waals surface area contributed by atoms with Crippen LogP contribution in [0.25, 0.3) is 0 Å². The zero-order valence-corrected chi connectivity index (χ0v) is 20.9. The summed E-state index contributed by atoms with van der Waals surface area (Å²) in [5, 5.41) is 15.9. The topological polar surface area (TPSA) is 61.4 Å². The maximum Gasteiger partial charge on any atom is 0.223 e. The van der Waals surface area contributed by atoms with Crippen LogP contribution in [-0.2, 0) is 4.79 Å². The summed E-state index contributed by atoms with van der Waals surface area (Å²) in [6.07, 6.45) is 5.74. The molecule has 8 heteroatoms. The summed E-state index contributed by atoms with van der Waals surface area (Å²) >= 11 is 12.4. The standard InChI is InChI=1S/C20H23Cl2F2NO2.C5H11N/c21-12-9-13(26)16(23)14(15(12)22)17(25-18(27)11-3-1-2-4-11)19-5-7-20(24,10-19)8-6-19;1-5(2)4-6-3/h9,11,17,26H,1-8,10H2,(H,25,27);6H,1,4H2,2-3H3. The quantitative estimate of drug-likeness (QED) is 0.301. The van der Waals surface area contributed by atoms with Crippen molar-refractivity contribution < 1.29 is 18.7 Å². The third-order valence-corrected chi connectivity index (χ3v) is 8.18. The second kappa shape index (κ2) is 10.5. The molecule has 184 valence electrons. The molecular formula is C25H34Cl2F2N2O2. The number of amides is 1. The SMILES string of the molecule is C=C(C)CNC.O=C(NC(c1c(F)c(O)cc(Cl)c1Cl)C12CCC(F)(CC1)C2)C1CCCC1. The van der Waals surface area contributed by atoms with E-state index in [9.17, 15) is 18.7 Å². The molecule has 3 saturated carbocycles. The first-order valence-corrected chi connectivity index (χ1v) is 12.4. The summed E-state index contributed by atoms with van der Waals surface area (Å²) in [5.41, 5.74) is -0.707. The first-order valence-electron chi connectivity index (χ1n) is 11.7. The Morgan fingerprint density at radius 3 is 2.33 bits per heavy atom.